The number of benzene rings is 3. The van der Waals surface area contributed by atoms with Crippen molar-refractivity contribution in [1.29, 1.82) is 0 Å². The van der Waals surface area contributed by atoms with Crippen LogP contribution in [0.25, 0.3) is 0 Å². The van der Waals surface area contributed by atoms with E-state index in [2.05, 4.69) is 15.5 Å². The molecular formula is C30H35N3O4. The monoisotopic (exact) mass is 501 g/mol. The predicted octanol–water partition coefficient (Wildman–Crippen LogP) is 4.38. The average Bonchev–Trinajstić information content (AvgIpc) is 2.93. The number of nitrogens with zero attached hydrogens (tertiary/aromatic N) is 1. The zero-order valence-electron chi connectivity index (χ0n) is 21.8. The van der Waals surface area contributed by atoms with Gasteiger partial charge in [-0.05, 0) is 68.1 Å². The predicted molar refractivity (Wildman–Crippen MR) is 146 cm³/mol. The van der Waals surface area contributed by atoms with E-state index in [9.17, 15) is 9.59 Å². The Balaban J connectivity index is 1.31. The maximum atomic E-state index is 13.1. The lowest BCUT2D eigenvalue weighted by atomic mass is 10.0. The number of anilines is 1. The van der Waals surface area contributed by atoms with Gasteiger partial charge in [0.05, 0.1) is 19.8 Å². The molecule has 4 rings (SSSR count). The summed E-state index contributed by atoms with van der Waals surface area (Å²) in [4.78, 5) is 28.0. The minimum absolute atomic E-state index is 0.0311. The van der Waals surface area contributed by atoms with Crippen LogP contribution in [0.4, 0.5) is 5.69 Å². The summed E-state index contributed by atoms with van der Waals surface area (Å²) in [5, 5.41) is 6.22. The molecule has 0 radical (unpaired) electrons. The molecule has 0 atom stereocenters. The van der Waals surface area contributed by atoms with Crippen LogP contribution >= 0.6 is 0 Å². The molecule has 7 heteroatoms. The van der Waals surface area contributed by atoms with Gasteiger partial charge in [-0.15, -0.1) is 0 Å². The van der Waals surface area contributed by atoms with E-state index in [-0.39, 0.29) is 17.9 Å². The lowest BCUT2D eigenvalue weighted by Gasteiger charge is -2.35. The summed E-state index contributed by atoms with van der Waals surface area (Å²) in [5.41, 5.74) is 4.41. The van der Waals surface area contributed by atoms with E-state index >= 15 is 0 Å². The Morgan fingerprint density at radius 2 is 1.65 bits per heavy atom. The Labute approximate surface area is 218 Å². The highest BCUT2D eigenvalue weighted by atomic mass is 16.5. The number of ether oxygens (including phenoxy) is 2. The fraction of sp³-hybridized carbons (Fsp3) is 0.333. The third-order valence-corrected chi connectivity index (χ3v) is 6.75. The lowest BCUT2D eigenvalue weighted by molar-refractivity contribution is 0.0929. The van der Waals surface area contributed by atoms with Gasteiger partial charge < -0.3 is 25.0 Å². The molecule has 194 valence electrons. The Morgan fingerprint density at radius 3 is 2.38 bits per heavy atom. The van der Waals surface area contributed by atoms with Crippen molar-refractivity contribution in [3.05, 3.63) is 89.0 Å². The van der Waals surface area contributed by atoms with Crippen LogP contribution in [0.1, 0.15) is 44.7 Å². The van der Waals surface area contributed by atoms with Gasteiger partial charge in [0, 0.05) is 36.9 Å². The minimum Gasteiger partial charge on any atom is -0.493 e. The first-order chi connectivity index (χ1) is 18.0. The van der Waals surface area contributed by atoms with Crippen molar-refractivity contribution in [2.45, 2.75) is 32.2 Å². The molecule has 0 saturated carbocycles. The molecule has 0 unspecified atom stereocenters. The number of methoxy groups -OCH3 is 2. The first kappa shape index (κ1) is 26.1. The van der Waals surface area contributed by atoms with Crippen molar-refractivity contribution >= 4 is 17.5 Å². The third-order valence-electron chi connectivity index (χ3n) is 6.75. The van der Waals surface area contributed by atoms with Crippen LogP contribution in [-0.4, -0.2) is 51.7 Å². The highest BCUT2D eigenvalue weighted by Crippen LogP contribution is 2.28. The van der Waals surface area contributed by atoms with Gasteiger partial charge >= 0.3 is 0 Å². The van der Waals surface area contributed by atoms with Crippen LogP contribution in [0, 0.1) is 6.92 Å². The molecule has 1 saturated heterocycles. The molecule has 1 heterocycles. The standard InChI is InChI=1S/C30H35N3O4/c1-21-7-6-8-23(19-21)29(34)32-24-14-17-33(18-15-24)26-10-5-4-9-25(26)30(35)31-16-13-22-11-12-27(36-2)28(20-22)37-3/h4-12,19-20,24H,13-18H2,1-3H3,(H,31,35)(H,32,34). The van der Waals surface area contributed by atoms with Gasteiger partial charge in [-0.2, -0.15) is 0 Å². The second-order valence-electron chi connectivity index (χ2n) is 9.32. The number of nitrogens with one attached hydrogen (secondary N) is 2. The number of amides is 2. The van der Waals surface area contributed by atoms with Crippen molar-refractivity contribution in [3.63, 3.8) is 0 Å². The highest BCUT2D eigenvalue weighted by molar-refractivity contribution is 6.00. The first-order valence-electron chi connectivity index (χ1n) is 12.7. The number of carbonyl (C=O) groups excluding carboxylic acids is 2. The number of hydrogen-bond acceptors (Lipinski definition) is 5. The van der Waals surface area contributed by atoms with Crippen molar-refractivity contribution < 1.29 is 19.1 Å². The molecule has 1 fully saturated rings. The fourth-order valence-corrected chi connectivity index (χ4v) is 4.71. The molecule has 0 spiro atoms. The second kappa shape index (κ2) is 12.3. The SMILES string of the molecule is COc1ccc(CCNC(=O)c2ccccc2N2CCC(NC(=O)c3cccc(C)c3)CC2)cc1OC. The fourth-order valence-electron chi connectivity index (χ4n) is 4.71. The van der Waals surface area contributed by atoms with E-state index < -0.39 is 0 Å². The first-order valence-corrected chi connectivity index (χ1v) is 12.7. The molecule has 0 aromatic heterocycles. The molecule has 2 N–H and O–H groups in total. The van der Waals surface area contributed by atoms with E-state index in [0.717, 1.165) is 42.7 Å². The van der Waals surface area contributed by atoms with Crippen LogP contribution in [0.5, 0.6) is 11.5 Å². The van der Waals surface area contributed by atoms with E-state index in [1.807, 2.05) is 73.7 Å². The summed E-state index contributed by atoms with van der Waals surface area (Å²) in [5.74, 6) is 1.24. The van der Waals surface area contributed by atoms with Crippen LogP contribution in [-0.2, 0) is 6.42 Å². The van der Waals surface area contributed by atoms with Gasteiger partial charge in [0.2, 0.25) is 0 Å². The molecule has 0 bridgehead atoms. The van der Waals surface area contributed by atoms with Gasteiger partial charge in [-0.3, -0.25) is 9.59 Å². The Hall–Kier alpha value is -4.00. The van der Waals surface area contributed by atoms with E-state index in [0.29, 0.717) is 35.6 Å². The van der Waals surface area contributed by atoms with Crippen LogP contribution in [0.2, 0.25) is 0 Å². The van der Waals surface area contributed by atoms with Gasteiger partial charge in [-0.1, -0.05) is 35.9 Å². The minimum atomic E-state index is -0.0917. The van der Waals surface area contributed by atoms with Crippen LogP contribution in [0.15, 0.2) is 66.7 Å². The number of hydrogen-bond donors (Lipinski definition) is 2. The van der Waals surface area contributed by atoms with E-state index in [1.54, 1.807) is 14.2 Å². The van der Waals surface area contributed by atoms with Gasteiger partial charge in [0.15, 0.2) is 11.5 Å². The van der Waals surface area contributed by atoms with Gasteiger partial charge in [-0.25, -0.2) is 0 Å². The third kappa shape index (κ3) is 6.61. The Kier molecular flexibility index (Phi) is 8.67. The average molecular weight is 502 g/mol. The van der Waals surface area contributed by atoms with Gasteiger partial charge in [0.25, 0.3) is 11.8 Å². The highest BCUT2D eigenvalue weighted by Gasteiger charge is 2.24. The smallest absolute Gasteiger partial charge is 0.253 e. The Bertz CT molecular complexity index is 1240. The maximum Gasteiger partial charge on any atom is 0.253 e. The van der Waals surface area contributed by atoms with Crippen LogP contribution in [0.3, 0.4) is 0 Å². The summed E-state index contributed by atoms with van der Waals surface area (Å²) >= 11 is 0. The molecule has 1 aliphatic heterocycles. The number of para-hydroxylation sites is 1. The number of rotatable bonds is 9. The number of piperidine rings is 1. The lowest BCUT2D eigenvalue weighted by Crippen LogP contribution is -2.45. The van der Waals surface area contributed by atoms with Crippen molar-refractivity contribution in [1.82, 2.24) is 10.6 Å². The van der Waals surface area contributed by atoms with Crippen molar-refractivity contribution in [2.24, 2.45) is 0 Å². The molecule has 3 aromatic carbocycles. The molecule has 2 amide bonds. The topological polar surface area (TPSA) is 79.9 Å². The summed E-state index contributed by atoms with van der Waals surface area (Å²) < 4.78 is 10.7. The molecule has 7 nitrogen and oxygen atoms in total. The molecule has 0 aliphatic carbocycles. The van der Waals surface area contributed by atoms with E-state index in [4.69, 9.17) is 9.47 Å². The molecule has 3 aromatic rings. The maximum absolute atomic E-state index is 13.1. The largest absolute Gasteiger partial charge is 0.493 e. The Morgan fingerprint density at radius 1 is 0.892 bits per heavy atom. The zero-order chi connectivity index (χ0) is 26.2. The molecule has 1 aliphatic rings. The summed E-state index contributed by atoms with van der Waals surface area (Å²) in [7, 11) is 3.22. The second-order valence-corrected chi connectivity index (χ2v) is 9.32. The summed E-state index contributed by atoms with van der Waals surface area (Å²) in [6, 6.07) is 21.3. The summed E-state index contributed by atoms with van der Waals surface area (Å²) in [6.07, 6.45) is 2.33. The van der Waals surface area contributed by atoms with E-state index in [1.165, 1.54) is 0 Å². The number of carbonyl (C=O) groups is 2. The summed E-state index contributed by atoms with van der Waals surface area (Å²) in [6.45, 7) is 4.04. The quantitative estimate of drug-likeness (QED) is 0.455. The van der Waals surface area contributed by atoms with Gasteiger partial charge in [0.1, 0.15) is 0 Å². The number of aryl methyl sites for hydroxylation is 1. The van der Waals surface area contributed by atoms with Crippen molar-refractivity contribution in [3.8, 4) is 11.5 Å². The molecule has 37 heavy (non-hydrogen) atoms. The van der Waals surface area contributed by atoms with Crippen molar-refractivity contribution in [2.75, 3.05) is 38.8 Å². The normalized spacial score (nSPS) is 13.6. The van der Waals surface area contributed by atoms with Crippen LogP contribution < -0.4 is 25.0 Å². The molecular weight excluding hydrogens is 466 g/mol. The zero-order valence-corrected chi connectivity index (χ0v) is 21.8.